The van der Waals surface area contributed by atoms with Gasteiger partial charge in [0, 0.05) is 27.5 Å². The van der Waals surface area contributed by atoms with Crippen molar-refractivity contribution in [1.29, 1.82) is 0 Å². The van der Waals surface area contributed by atoms with E-state index in [-0.39, 0.29) is 5.91 Å². The number of hydrogen-bond acceptors (Lipinski definition) is 3. The first-order chi connectivity index (χ1) is 8.54. The Labute approximate surface area is 114 Å². The predicted molar refractivity (Wildman–Crippen MR) is 73.1 cm³/mol. The summed E-state index contributed by atoms with van der Waals surface area (Å²) in [6.07, 6.45) is 1.50. The molecule has 1 aromatic heterocycles. The van der Waals surface area contributed by atoms with Crippen molar-refractivity contribution in [3.05, 3.63) is 52.1 Å². The third-order valence-corrected chi connectivity index (χ3v) is 2.60. The maximum absolute atomic E-state index is 11.9. The Hall–Kier alpha value is -1.78. The minimum Gasteiger partial charge on any atom is -0.399 e. The highest BCUT2D eigenvalue weighted by atomic mass is 35.5. The summed E-state index contributed by atoms with van der Waals surface area (Å²) in [6.45, 7) is 0. The van der Waals surface area contributed by atoms with E-state index in [9.17, 15) is 4.79 Å². The highest BCUT2D eigenvalue weighted by molar-refractivity contribution is 6.31. The second-order valence-corrected chi connectivity index (χ2v) is 4.46. The topological polar surface area (TPSA) is 68.0 Å². The fourth-order valence-electron chi connectivity index (χ4n) is 1.41. The minimum atomic E-state index is -0.348. The van der Waals surface area contributed by atoms with Crippen LogP contribution in [0.2, 0.25) is 10.0 Å². The van der Waals surface area contributed by atoms with Crippen molar-refractivity contribution in [3.63, 3.8) is 0 Å². The number of benzene rings is 1. The molecule has 1 heterocycles. The van der Waals surface area contributed by atoms with Gasteiger partial charge in [0.15, 0.2) is 0 Å². The molecule has 4 nitrogen and oxygen atoms in total. The van der Waals surface area contributed by atoms with Crippen molar-refractivity contribution in [2.75, 3.05) is 11.1 Å². The number of anilines is 2. The van der Waals surface area contributed by atoms with Crippen molar-refractivity contribution in [2.24, 2.45) is 0 Å². The van der Waals surface area contributed by atoms with Gasteiger partial charge < -0.3 is 11.1 Å². The SMILES string of the molecule is Nc1cc(Cl)cc(C(=O)Nc2cc(Cl)ccn2)c1. The van der Waals surface area contributed by atoms with E-state index in [4.69, 9.17) is 28.9 Å². The van der Waals surface area contributed by atoms with Crippen molar-refractivity contribution in [1.82, 2.24) is 4.98 Å². The van der Waals surface area contributed by atoms with Gasteiger partial charge in [0.05, 0.1) is 0 Å². The van der Waals surface area contributed by atoms with Gasteiger partial charge in [-0.2, -0.15) is 0 Å². The summed E-state index contributed by atoms with van der Waals surface area (Å²) in [6, 6.07) is 7.79. The molecule has 3 N–H and O–H groups in total. The molecule has 18 heavy (non-hydrogen) atoms. The molecule has 92 valence electrons. The molecule has 0 aliphatic carbocycles. The lowest BCUT2D eigenvalue weighted by molar-refractivity contribution is 0.102. The molecule has 0 spiro atoms. The minimum absolute atomic E-state index is 0.348. The van der Waals surface area contributed by atoms with Crippen LogP contribution >= 0.6 is 23.2 Å². The third kappa shape index (κ3) is 3.12. The van der Waals surface area contributed by atoms with Gasteiger partial charge in [0.25, 0.3) is 5.91 Å². The van der Waals surface area contributed by atoms with Crippen LogP contribution in [0.15, 0.2) is 36.5 Å². The first-order valence-electron chi connectivity index (χ1n) is 5.03. The molecule has 0 saturated carbocycles. The van der Waals surface area contributed by atoms with Crippen molar-refractivity contribution < 1.29 is 4.79 Å². The fourth-order valence-corrected chi connectivity index (χ4v) is 1.81. The lowest BCUT2D eigenvalue weighted by Gasteiger charge is -2.06. The Kier molecular flexibility index (Phi) is 3.69. The van der Waals surface area contributed by atoms with Crippen LogP contribution in [0, 0.1) is 0 Å². The van der Waals surface area contributed by atoms with E-state index in [2.05, 4.69) is 10.3 Å². The van der Waals surface area contributed by atoms with E-state index in [1.807, 2.05) is 0 Å². The number of nitrogens with zero attached hydrogens (tertiary/aromatic N) is 1. The number of carbonyl (C=O) groups is 1. The number of halogens is 2. The lowest BCUT2D eigenvalue weighted by atomic mass is 10.2. The second-order valence-electron chi connectivity index (χ2n) is 3.59. The monoisotopic (exact) mass is 281 g/mol. The molecule has 0 bridgehead atoms. The highest BCUT2D eigenvalue weighted by Crippen LogP contribution is 2.18. The van der Waals surface area contributed by atoms with E-state index >= 15 is 0 Å². The van der Waals surface area contributed by atoms with Crippen LogP contribution in [0.4, 0.5) is 11.5 Å². The van der Waals surface area contributed by atoms with E-state index in [0.29, 0.717) is 27.1 Å². The van der Waals surface area contributed by atoms with Crippen LogP contribution in [0.25, 0.3) is 0 Å². The number of carbonyl (C=O) groups excluding carboxylic acids is 1. The zero-order valence-corrected chi connectivity index (χ0v) is 10.7. The number of nitrogens with two attached hydrogens (primary N) is 1. The van der Waals surface area contributed by atoms with Gasteiger partial charge in [-0.05, 0) is 30.3 Å². The summed E-state index contributed by atoms with van der Waals surface area (Å²) >= 11 is 11.6. The van der Waals surface area contributed by atoms with E-state index in [1.165, 1.54) is 18.3 Å². The highest BCUT2D eigenvalue weighted by Gasteiger charge is 2.08. The average molecular weight is 282 g/mol. The van der Waals surface area contributed by atoms with Crippen molar-refractivity contribution >= 4 is 40.6 Å². The zero-order valence-electron chi connectivity index (χ0n) is 9.15. The Morgan fingerprint density at radius 2 is 1.94 bits per heavy atom. The largest absolute Gasteiger partial charge is 0.399 e. The van der Waals surface area contributed by atoms with E-state index in [1.54, 1.807) is 18.2 Å². The number of pyridine rings is 1. The summed E-state index contributed by atoms with van der Waals surface area (Å²) in [5.74, 6) is 0.0185. The fraction of sp³-hybridized carbons (Fsp3) is 0. The molecule has 1 aromatic carbocycles. The van der Waals surface area contributed by atoms with Gasteiger partial charge in [-0.1, -0.05) is 23.2 Å². The quantitative estimate of drug-likeness (QED) is 0.831. The maximum atomic E-state index is 11.9. The van der Waals surface area contributed by atoms with Crippen LogP contribution in [-0.2, 0) is 0 Å². The Morgan fingerprint density at radius 1 is 1.17 bits per heavy atom. The van der Waals surface area contributed by atoms with E-state index in [0.717, 1.165) is 0 Å². The molecular weight excluding hydrogens is 273 g/mol. The standard InChI is InChI=1S/C12H9Cl2N3O/c13-8-1-2-16-11(6-8)17-12(18)7-3-9(14)5-10(15)4-7/h1-6H,15H2,(H,16,17,18). The molecule has 0 saturated heterocycles. The number of nitrogen functional groups attached to an aromatic ring is 1. The predicted octanol–water partition coefficient (Wildman–Crippen LogP) is 3.22. The number of hydrogen-bond donors (Lipinski definition) is 2. The maximum Gasteiger partial charge on any atom is 0.256 e. The molecule has 1 amide bonds. The van der Waals surface area contributed by atoms with Crippen molar-refractivity contribution in [3.8, 4) is 0 Å². The van der Waals surface area contributed by atoms with Gasteiger partial charge >= 0.3 is 0 Å². The summed E-state index contributed by atoms with van der Waals surface area (Å²) < 4.78 is 0. The molecule has 2 aromatic rings. The van der Waals surface area contributed by atoms with Gasteiger partial charge in [0.1, 0.15) is 5.82 Å². The van der Waals surface area contributed by atoms with E-state index < -0.39 is 0 Å². The first-order valence-corrected chi connectivity index (χ1v) is 5.79. The number of rotatable bonds is 2. The molecule has 0 atom stereocenters. The van der Waals surface area contributed by atoms with Gasteiger partial charge in [0.2, 0.25) is 0 Å². The van der Waals surface area contributed by atoms with Gasteiger partial charge in [-0.3, -0.25) is 4.79 Å². The smallest absolute Gasteiger partial charge is 0.256 e. The van der Waals surface area contributed by atoms with Crippen LogP contribution in [0.5, 0.6) is 0 Å². The Bertz CT molecular complexity index is 581. The molecular formula is C12H9Cl2N3O. The summed E-state index contributed by atoms with van der Waals surface area (Å²) in [4.78, 5) is 15.9. The molecule has 0 unspecified atom stereocenters. The summed E-state index contributed by atoms with van der Waals surface area (Å²) in [5.41, 5.74) is 6.40. The molecule has 2 rings (SSSR count). The van der Waals surface area contributed by atoms with Crippen LogP contribution in [0.1, 0.15) is 10.4 Å². The third-order valence-electron chi connectivity index (χ3n) is 2.15. The normalized spacial score (nSPS) is 10.1. The first kappa shape index (κ1) is 12.7. The van der Waals surface area contributed by atoms with Crippen LogP contribution < -0.4 is 11.1 Å². The number of aromatic nitrogens is 1. The molecule has 0 aliphatic rings. The summed E-state index contributed by atoms with van der Waals surface area (Å²) in [7, 11) is 0. The average Bonchev–Trinajstić information content (AvgIpc) is 2.27. The molecule has 0 aliphatic heterocycles. The summed E-state index contributed by atoms with van der Waals surface area (Å²) in [5, 5.41) is 3.50. The molecule has 0 fully saturated rings. The Morgan fingerprint density at radius 3 is 2.61 bits per heavy atom. The zero-order chi connectivity index (χ0) is 13.1. The second kappa shape index (κ2) is 5.25. The number of nitrogens with one attached hydrogen (secondary N) is 1. The van der Waals surface area contributed by atoms with Gasteiger partial charge in [-0.25, -0.2) is 4.98 Å². The molecule has 6 heteroatoms. The lowest BCUT2D eigenvalue weighted by Crippen LogP contribution is -2.13. The number of amides is 1. The Balaban J connectivity index is 2.22. The molecule has 0 radical (unpaired) electrons. The van der Waals surface area contributed by atoms with Crippen molar-refractivity contribution in [2.45, 2.75) is 0 Å². The van der Waals surface area contributed by atoms with Crippen LogP contribution in [0.3, 0.4) is 0 Å². The van der Waals surface area contributed by atoms with Crippen LogP contribution in [-0.4, -0.2) is 10.9 Å². The van der Waals surface area contributed by atoms with Gasteiger partial charge in [-0.15, -0.1) is 0 Å².